The zero-order chi connectivity index (χ0) is 19.4. The van der Waals surface area contributed by atoms with Crippen LogP contribution in [0.15, 0.2) is 52.5 Å². The number of nitrogens with zero attached hydrogens (tertiary/aromatic N) is 3. The van der Waals surface area contributed by atoms with Crippen molar-refractivity contribution in [3.63, 3.8) is 0 Å². The first-order valence-electron chi connectivity index (χ1n) is 8.58. The largest absolute Gasteiger partial charge is 0.319 e. The summed E-state index contributed by atoms with van der Waals surface area (Å²) in [6.07, 6.45) is 2.03. The fourth-order valence-corrected chi connectivity index (χ4v) is 4.38. The average Bonchev–Trinajstić information content (AvgIpc) is 3.00. The van der Waals surface area contributed by atoms with E-state index in [1.54, 1.807) is 12.1 Å². The van der Waals surface area contributed by atoms with E-state index in [-0.39, 0.29) is 4.90 Å². The molecule has 1 aromatic heterocycles. The van der Waals surface area contributed by atoms with Crippen molar-refractivity contribution in [3.05, 3.63) is 53.6 Å². The number of imidazole rings is 1. The lowest BCUT2D eigenvalue weighted by atomic mass is 10.1. The molecular formula is C19H20N4O2S2. The molecule has 0 saturated carbocycles. The van der Waals surface area contributed by atoms with Crippen LogP contribution in [-0.2, 0) is 22.3 Å². The Morgan fingerprint density at radius 2 is 2.04 bits per heavy atom. The molecule has 1 heterocycles. The third-order valence-corrected chi connectivity index (χ3v) is 6.18. The van der Waals surface area contributed by atoms with Crippen molar-refractivity contribution in [2.75, 3.05) is 0 Å². The Balaban J connectivity index is 1.98. The number of thioether (sulfide) groups is 1. The predicted molar refractivity (Wildman–Crippen MR) is 107 cm³/mol. The minimum atomic E-state index is -3.77. The second-order valence-corrected chi connectivity index (χ2v) is 8.66. The lowest BCUT2D eigenvalue weighted by Gasteiger charge is -2.09. The number of nitrogens with two attached hydrogens (primary N) is 1. The second kappa shape index (κ2) is 8.13. The molecule has 0 atom stereocenters. The summed E-state index contributed by atoms with van der Waals surface area (Å²) in [6.45, 7) is 2.91. The summed E-state index contributed by atoms with van der Waals surface area (Å²) < 4.78 is 25.4. The predicted octanol–water partition coefficient (Wildman–Crippen LogP) is 3.65. The topological polar surface area (TPSA) is 102 Å². The second-order valence-electron chi connectivity index (χ2n) is 6.15. The first-order chi connectivity index (χ1) is 12.9. The van der Waals surface area contributed by atoms with Gasteiger partial charge in [-0.15, -0.1) is 0 Å². The van der Waals surface area contributed by atoms with Crippen molar-refractivity contribution in [2.45, 2.75) is 42.1 Å². The van der Waals surface area contributed by atoms with Gasteiger partial charge in [0.05, 0.1) is 27.6 Å². The molecule has 0 aliphatic rings. The Labute approximate surface area is 163 Å². The molecule has 2 aromatic carbocycles. The summed E-state index contributed by atoms with van der Waals surface area (Å²) in [5, 5.41) is 15.3. The molecule has 3 aromatic rings. The van der Waals surface area contributed by atoms with Crippen LogP contribution in [0.1, 0.15) is 30.9 Å². The molecule has 8 heteroatoms. The molecule has 2 N–H and O–H groups in total. The van der Waals surface area contributed by atoms with Crippen LogP contribution in [0.4, 0.5) is 0 Å². The Bertz CT molecular complexity index is 1110. The van der Waals surface area contributed by atoms with Crippen LogP contribution in [-0.4, -0.2) is 18.0 Å². The summed E-state index contributed by atoms with van der Waals surface area (Å²) in [6, 6.07) is 14.5. The standard InChI is InChI=1S/C19H20N4O2S2/c1-2-3-10-23-18-9-8-16(27(21,24)25)11-17(18)22-19(23)26-13-15-7-5-4-6-14(15)12-20/h4-9,11H,2-3,10,13H2,1H3,(H2,21,24,25). The fourth-order valence-electron chi connectivity index (χ4n) is 2.80. The summed E-state index contributed by atoms with van der Waals surface area (Å²) >= 11 is 1.54. The maximum Gasteiger partial charge on any atom is 0.238 e. The van der Waals surface area contributed by atoms with Gasteiger partial charge in [0, 0.05) is 12.3 Å². The van der Waals surface area contributed by atoms with E-state index in [1.165, 1.54) is 23.9 Å². The number of fused-ring (bicyclic) bond motifs is 1. The highest BCUT2D eigenvalue weighted by atomic mass is 32.2. The molecule has 0 aliphatic heterocycles. The van der Waals surface area contributed by atoms with Gasteiger partial charge in [0.2, 0.25) is 10.0 Å². The van der Waals surface area contributed by atoms with Crippen molar-refractivity contribution in [2.24, 2.45) is 5.14 Å². The zero-order valence-corrected chi connectivity index (χ0v) is 16.6. The molecule has 0 aliphatic carbocycles. The van der Waals surface area contributed by atoms with E-state index < -0.39 is 10.0 Å². The molecule has 0 saturated heterocycles. The fraction of sp³-hybridized carbons (Fsp3) is 0.263. The minimum absolute atomic E-state index is 0.0570. The van der Waals surface area contributed by atoms with Gasteiger partial charge in [-0.2, -0.15) is 5.26 Å². The maximum atomic E-state index is 11.6. The quantitative estimate of drug-likeness (QED) is 0.610. The SMILES string of the molecule is CCCCn1c(SCc2ccccc2C#N)nc2cc(S(N)(=O)=O)ccc21. The highest BCUT2D eigenvalue weighted by Gasteiger charge is 2.15. The molecule has 0 amide bonds. The molecule has 0 bridgehead atoms. The van der Waals surface area contributed by atoms with Crippen molar-refractivity contribution in [1.29, 1.82) is 5.26 Å². The molecule has 27 heavy (non-hydrogen) atoms. The van der Waals surface area contributed by atoms with Gasteiger partial charge < -0.3 is 4.57 Å². The van der Waals surface area contributed by atoms with Crippen LogP contribution in [0.5, 0.6) is 0 Å². The Kier molecular flexibility index (Phi) is 5.85. The van der Waals surface area contributed by atoms with E-state index in [1.807, 2.05) is 18.2 Å². The van der Waals surface area contributed by atoms with Crippen LogP contribution in [0.2, 0.25) is 0 Å². The van der Waals surface area contributed by atoms with Crippen LogP contribution < -0.4 is 5.14 Å². The van der Waals surface area contributed by atoms with Crippen molar-refractivity contribution in [3.8, 4) is 6.07 Å². The van der Waals surface area contributed by atoms with Crippen molar-refractivity contribution >= 4 is 32.8 Å². The van der Waals surface area contributed by atoms with Gasteiger partial charge in [-0.3, -0.25) is 0 Å². The van der Waals surface area contributed by atoms with Crippen LogP contribution in [0.25, 0.3) is 11.0 Å². The zero-order valence-electron chi connectivity index (χ0n) is 14.9. The molecular weight excluding hydrogens is 380 g/mol. The van der Waals surface area contributed by atoms with Crippen LogP contribution in [0, 0.1) is 11.3 Å². The molecule has 6 nitrogen and oxygen atoms in total. The smallest absolute Gasteiger partial charge is 0.238 e. The number of primary sulfonamides is 1. The normalized spacial score (nSPS) is 11.6. The van der Waals surface area contributed by atoms with Gasteiger partial charge in [-0.25, -0.2) is 18.5 Å². The number of benzene rings is 2. The average molecular weight is 401 g/mol. The summed E-state index contributed by atoms with van der Waals surface area (Å²) in [4.78, 5) is 4.69. The summed E-state index contributed by atoms with van der Waals surface area (Å²) in [5.41, 5.74) is 3.09. The highest BCUT2D eigenvalue weighted by Crippen LogP contribution is 2.29. The molecule has 0 unspecified atom stereocenters. The van der Waals surface area contributed by atoms with Crippen LogP contribution in [0.3, 0.4) is 0 Å². The third-order valence-electron chi connectivity index (χ3n) is 4.24. The van der Waals surface area contributed by atoms with Crippen LogP contribution >= 0.6 is 11.8 Å². The van der Waals surface area contributed by atoms with Gasteiger partial charge in [-0.1, -0.05) is 43.3 Å². The number of sulfonamides is 1. The number of aryl methyl sites for hydroxylation is 1. The molecule has 0 radical (unpaired) electrons. The first kappa shape index (κ1) is 19.4. The van der Waals surface area contributed by atoms with Gasteiger partial charge in [0.25, 0.3) is 0 Å². The Morgan fingerprint density at radius 1 is 1.26 bits per heavy atom. The van der Waals surface area contributed by atoms with E-state index in [9.17, 15) is 13.7 Å². The molecule has 0 spiro atoms. The number of hydrogen-bond donors (Lipinski definition) is 1. The minimum Gasteiger partial charge on any atom is -0.319 e. The number of nitriles is 1. The molecule has 3 rings (SSSR count). The molecule has 0 fully saturated rings. The number of unbranched alkanes of at least 4 members (excludes halogenated alkanes) is 1. The van der Waals surface area contributed by atoms with Crippen molar-refractivity contribution in [1.82, 2.24) is 9.55 Å². The number of rotatable bonds is 7. The van der Waals surface area contributed by atoms with Gasteiger partial charge in [0.15, 0.2) is 5.16 Å². The van der Waals surface area contributed by atoms with E-state index in [0.717, 1.165) is 35.6 Å². The summed E-state index contributed by atoms with van der Waals surface area (Å²) in [5.74, 6) is 0.612. The Morgan fingerprint density at radius 3 is 2.74 bits per heavy atom. The lowest BCUT2D eigenvalue weighted by molar-refractivity contribution is 0.597. The van der Waals surface area contributed by atoms with E-state index in [0.29, 0.717) is 16.8 Å². The van der Waals surface area contributed by atoms with Gasteiger partial charge >= 0.3 is 0 Å². The van der Waals surface area contributed by atoms with Crippen molar-refractivity contribution < 1.29 is 8.42 Å². The van der Waals surface area contributed by atoms with Gasteiger partial charge in [-0.05, 0) is 36.2 Å². The molecule has 140 valence electrons. The summed E-state index contributed by atoms with van der Waals surface area (Å²) in [7, 11) is -3.77. The third kappa shape index (κ3) is 4.33. The maximum absolute atomic E-state index is 11.6. The monoisotopic (exact) mass is 400 g/mol. The van der Waals surface area contributed by atoms with E-state index in [4.69, 9.17) is 5.14 Å². The van der Waals surface area contributed by atoms with Gasteiger partial charge in [0.1, 0.15) is 0 Å². The first-order valence-corrected chi connectivity index (χ1v) is 11.1. The highest BCUT2D eigenvalue weighted by molar-refractivity contribution is 7.98. The lowest BCUT2D eigenvalue weighted by Crippen LogP contribution is -2.11. The number of aromatic nitrogens is 2. The van der Waals surface area contributed by atoms with E-state index in [2.05, 4.69) is 22.5 Å². The number of hydrogen-bond acceptors (Lipinski definition) is 5. The Hall–Kier alpha value is -2.34. The van der Waals surface area contributed by atoms with E-state index >= 15 is 0 Å².